The van der Waals surface area contributed by atoms with Gasteiger partial charge in [0, 0.05) is 42.1 Å². The van der Waals surface area contributed by atoms with E-state index in [1.807, 2.05) is 18.2 Å². The zero-order chi connectivity index (χ0) is 15.0. The van der Waals surface area contributed by atoms with Crippen LogP contribution in [0.4, 0.5) is 11.4 Å². The summed E-state index contributed by atoms with van der Waals surface area (Å²) in [6.07, 6.45) is 2.59. The molecule has 4 heteroatoms. The Labute approximate surface area is 126 Å². The molecule has 2 N–H and O–H groups in total. The molecule has 21 heavy (non-hydrogen) atoms. The number of fused-ring (bicyclic) bond motifs is 1. The minimum absolute atomic E-state index is 0.639. The fraction of sp³-hybridized carbons (Fsp3) is 0.471. The number of nitrogens with two attached hydrogens (primary N) is 1. The topological polar surface area (TPSA) is 45.4 Å². The van der Waals surface area contributed by atoms with Crippen molar-refractivity contribution in [3.05, 3.63) is 30.0 Å². The molecule has 1 fully saturated rings. The highest BCUT2D eigenvalue weighted by molar-refractivity contribution is 5.93. The standard InChI is InChI=1S/C17H24N4/c1-12-9-17(15-10-13(18)6-7-16(15)19-12)21(3)11-14-5-4-8-20(14)2/h6-7,9-10,14H,4-5,8,11,18H2,1-3H3. The number of aromatic nitrogens is 1. The van der Waals surface area contributed by atoms with E-state index < -0.39 is 0 Å². The van der Waals surface area contributed by atoms with Gasteiger partial charge < -0.3 is 15.5 Å². The Bertz CT molecular complexity index is 653. The molecule has 0 amide bonds. The van der Waals surface area contributed by atoms with E-state index in [-0.39, 0.29) is 0 Å². The molecule has 112 valence electrons. The highest BCUT2D eigenvalue weighted by atomic mass is 15.2. The molecule has 0 radical (unpaired) electrons. The molecule has 3 rings (SSSR count). The quantitative estimate of drug-likeness (QED) is 0.880. The Morgan fingerprint density at radius 2 is 2.19 bits per heavy atom. The minimum atomic E-state index is 0.639. The molecule has 1 aromatic heterocycles. The van der Waals surface area contributed by atoms with Crippen LogP contribution in [0.1, 0.15) is 18.5 Å². The first-order valence-corrected chi connectivity index (χ1v) is 7.63. The van der Waals surface area contributed by atoms with Crippen molar-refractivity contribution in [1.29, 1.82) is 0 Å². The molecule has 2 heterocycles. The summed E-state index contributed by atoms with van der Waals surface area (Å²) >= 11 is 0. The van der Waals surface area contributed by atoms with E-state index in [1.165, 1.54) is 25.1 Å². The second kappa shape index (κ2) is 5.53. The van der Waals surface area contributed by atoms with Crippen LogP contribution in [0.15, 0.2) is 24.3 Å². The maximum atomic E-state index is 5.96. The van der Waals surface area contributed by atoms with Gasteiger partial charge in [0.2, 0.25) is 0 Å². The van der Waals surface area contributed by atoms with Gasteiger partial charge in [0.15, 0.2) is 0 Å². The molecular weight excluding hydrogens is 260 g/mol. The van der Waals surface area contributed by atoms with Crippen molar-refractivity contribution in [3.8, 4) is 0 Å². The molecule has 0 bridgehead atoms. The summed E-state index contributed by atoms with van der Waals surface area (Å²) < 4.78 is 0. The van der Waals surface area contributed by atoms with Gasteiger partial charge in [-0.3, -0.25) is 4.98 Å². The lowest BCUT2D eigenvalue weighted by atomic mass is 10.1. The molecule has 1 unspecified atom stereocenters. The van der Waals surface area contributed by atoms with Crippen LogP contribution in [-0.2, 0) is 0 Å². The van der Waals surface area contributed by atoms with Crippen LogP contribution in [0.3, 0.4) is 0 Å². The lowest BCUT2D eigenvalue weighted by Crippen LogP contribution is -2.36. The molecule has 1 aliphatic rings. The maximum absolute atomic E-state index is 5.96. The predicted octanol–water partition coefficient (Wildman–Crippen LogP) is 2.66. The molecule has 0 spiro atoms. The van der Waals surface area contributed by atoms with Crippen LogP contribution in [0.2, 0.25) is 0 Å². The van der Waals surface area contributed by atoms with Crippen LogP contribution < -0.4 is 10.6 Å². The van der Waals surface area contributed by atoms with Gasteiger partial charge in [-0.1, -0.05) is 0 Å². The summed E-state index contributed by atoms with van der Waals surface area (Å²) in [5.41, 5.74) is 10.1. The van der Waals surface area contributed by atoms with Crippen molar-refractivity contribution in [2.24, 2.45) is 0 Å². The number of pyridine rings is 1. The number of benzene rings is 1. The van der Waals surface area contributed by atoms with E-state index in [9.17, 15) is 0 Å². The molecule has 1 aromatic carbocycles. The van der Waals surface area contributed by atoms with Gasteiger partial charge in [0.05, 0.1) is 5.52 Å². The van der Waals surface area contributed by atoms with E-state index in [1.54, 1.807) is 0 Å². The van der Waals surface area contributed by atoms with Crippen molar-refractivity contribution < 1.29 is 0 Å². The second-order valence-corrected chi connectivity index (χ2v) is 6.22. The summed E-state index contributed by atoms with van der Waals surface area (Å²) in [6.45, 7) is 4.31. The molecule has 1 aliphatic heterocycles. The van der Waals surface area contributed by atoms with Gasteiger partial charge in [0.25, 0.3) is 0 Å². The fourth-order valence-electron chi connectivity index (χ4n) is 3.29. The summed E-state index contributed by atoms with van der Waals surface area (Å²) in [6, 6.07) is 8.77. The fourth-order valence-corrected chi connectivity index (χ4v) is 3.29. The smallest absolute Gasteiger partial charge is 0.0727 e. The van der Waals surface area contributed by atoms with E-state index in [4.69, 9.17) is 5.73 Å². The van der Waals surface area contributed by atoms with Crippen LogP contribution in [0, 0.1) is 6.92 Å². The van der Waals surface area contributed by atoms with Crippen LogP contribution in [0.25, 0.3) is 10.9 Å². The van der Waals surface area contributed by atoms with Crippen molar-refractivity contribution >= 4 is 22.3 Å². The third kappa shape index (κ3) is 2.81. The molecule has 1 atom stereocenters. The van der Waals surface area contributed by atoms with Gasteiger partial charge in [-0.25, -0.2) is 0 Å². The van der Waals surface area contributed by atoms with Gasteiger partial charge in [-0.05, 0) is 57.6 Å². The highest BCUT2D eigenvalue weighted by Crippen LogP contribution is 2.29. The van der Waals surface area contributed by atoms with Crippen molar-refractivity contribution in [1.82, 2.24) is 9.88 Å². The van der Waals surface area contributed by atoms with E-state index >= 15 is 0 Å². The Hall–Kier alpha value is -1.81. The van der Waals surface area contributed by atoms with Crippen LogP contribution >= 0.6 is 0 Å². The van der Waals surface area contributed by atoms with Gasteiger partial charge in [-0.2, -0.15) is 0 Å². The molecule has 2 aromatic rings. The molecule has 1 saturated heterocycles. The summed E-state index contributed by atoms with van der Waals surface area (Å²) in [7, 11) is 4.39. The minimum Gasteiger partial charge on any atom is -0.399 e. The zero-order valence-electron chi connectivity index (χ0n) is 13.1. The number of nitrogens with zero attached hydrogens (tertiary/aromatic N) is 3. The third-order valence-electron chi connectivity index (χ3n) is 4.51. The summed E-state index contributed by atoms with van der Waals surface area (Å²) in [5.74, 6) is 0. The number of hydrogen-bond acceptors (Lipinski definition) is 4. The van der Waals surface area contributed by atoms with E-state index in [0.717, 1.165) is 28.8 Å². The first-order chi connectivity index (χ1) is 10.0. The average molecular weight is 284 g/mol. The third-order valence-corrected chi connectivity index (χ3v) is 4.51. The van der Waals surface area contributed by atoms with E-state index in [2.05, 4.69) is 41.9 Å². The normalized spacial score (nSPS) is 19.3. The Morgan fingerprint density at radius 3 is 2.90 bits per heavy atom. The number of rotatable bonds is 3. The highest BCUT2D eigenvalue weighted by Gasteiger charge is 2.23. The Balaban J connectivity index is 1.96. The Morgan fingerprint density at radius 1 is 1.38 bits per heavy atom. The largest absolute Gasteiger partial charge is 0.399 e. The lowest BCUT2D eigenvalue weighted by molar-refractivity contribution is 0.314. The van der Waals surface area contributed by atoms with Crippen molar-refractivity contribution in [3.63, 3.8) is 0 Å². The SMILES string of the molecule is Cc1cc(N(C)CC2CCCN2C)c2cc(N)ccc2n1. The predicted molar refractivity (Wildman–Crippen MR) is 89.8 cm³/mol. The zero-order valence-corrected chi connectivity index (χ0v) is 13.1. The molecule has 0 saturated carbocycles. The van der Waals surface area contributed by atoms with E-state index in [0.29, 0.717) is 6.04 Å². The summed E-state index contributed by atoms with van der Waals surface area (Å²) in [4.78, 5) is 9.42. The first-order valence-electron chi connectivity index (χ1n) is 7.63. The van der Waals surface area contributed by atoms with Crippen LogP contribution in [0.5, 0.6) is 0 Å². The first kappa shape index (κ1) is 14.1. The second-order valence-electron chi connectivity index (χ2n) is 6.22. The van der Waals surface area contributed by atoms with Crippen molar-refractivity contribution in [2.45, 2.75) is 25.8 Å². The Kier molecular flexibility index (Phi) is 3.72. The number of aryl methyl sites for hydroxylation is 1. The monoisotopic (exact) mass is 284 g/mol. The van der Waals surface area contributed by atoms with Gasteiger partial charge in [-0.15, -0.1) is 0 Å². The molecule has 0 aliphatic carbocycles. The number of likely N-dealkylation sites (tertiary alicyclic amines) is 1. The number of likely N-dealkylation sites (N-methyl/N-ethyl adjacent to an activating group) is 2. The number of nitrogen functional groups attached to an aromatic ring is 1. The lowest BCUT2D eigenvalue weighted by Gasteiger charge is -2.28. The maximum Gasteiger partial charge on any atom is 0.0727 e. The molecular formula is C17H24N4. The average Bonchev–Trinajstić information content (AvgIpc) is 2.84. The summed E-state index contributed by atoms with van der Waals surface area (Å²) in [5, 5.41) is 1.14. The molecule has 4 nitrogen and oxygen atoms in total. The van der Waals surface area contributed by atoms with Gasteiger partial charge in [0.1, 0.15) is 0 Å². The van der Waals surface area contributed by atoms with Gasteiger partial charge >= 0.3 is 0 Å². The number of anilines is 2. The van der Waals surface area contributed by atoms with Crippen molar-refractivity contribution in [2.75, 3.05) is 37.8 Å². The number of hydrogen-bond donors (Lipinski definition) is 1. The van der Waals surface area contributed by atoms with Crippen LogP contribution in [-0.4, -0.2) is 43.1 Å².